The Labute approximate surface area is 108 Å². The first-order valence-electron chi connectivity index (χ1n) is 6.59. The normalized spacial score (nSPS) is 15.4. The molecule has 1 aliphatic carbocycles. The van der Waals surface area contributed by atoms with Crippen LogP contribution in [0.1, 0.15) is 37.0 Å². The number of carbonyl (C=O) groups excluding carboxylic acids is 1. The summed E-state index contributed by atoms with van der Waals surface area (Å²) in [6, 6.07) is 6.52. The van der Waals surface area contributed by atoms with Crippen molar-refractivity contribution in [3.8, 4) is 0 Å². The summed E-state index contributed by atoms with van der Waals surface area (Å²) in [5, 5.41) is 0. The Balaban J connectivity index is 2.00. The summed E-state index contributed by atoms with van der Waals surface area (Å²) < 4.78 is 13.1. The monoisotopic (exact) mass is 249 g/mol. The second-order valence-corrected chi connectivity index (χ2v) is 5.49. The Hall–Kier alpha value is -1.22. The van der Waals surface area contributed by atoms with Crippen molar-refractivity contribution in [2.24, 2.45) is 5.92 Å². The van der Waals surface area contributed by atoms with Gasteiger partial charge in [0, 0.05) is 18.2 Å². The maximum absolute atomic E-state index is 13.1. The highest BCUT2D eigenvalue weighted by molar-refractivity contribution is 5.97. The first-order chi connectivity index (χ1) is 8.56. The number of rotatable bonds is 6. The Morgan fingerprint density at radius 2 is 2.17 bits per heavy atom. The fraction of sp³-hybridized carbons (Fsp3) is 0.533. The van der Waals surface area contributed by atoms with Crippen LogP contribution in [0.3, 0.4) is 0 Å². The van der Waals surface area contributed by atoms with Crippen molar-refractivity contribution in [3.05, 3.63) is 35.6 Å². The molecule has 98 valence electrons. The summed E-state index contributed by atoms with van der Waals surface area (Å²) in [6.07, 6.45) is 2.37. The molecule has 0 saturated heterocycles. The molecule has 0 amide bonds. The molecule has 0 bridgehead atoms. The zero-order valence-corrected chi connectivity index (χ0v) is 11.0. The Kier molecular flexibility index (Phi) is 4.12. The second kappa shape index (κ2) is 5.61. The first kappa shape index (κ1) is 13.2. The molecule has 1 fully saturated rings. The summed E-state index contributed by atoms with van der Waals surface area (Å²) in [5.74, 6) is 0.218. The molecule has 0 aliphatic heterocycles. The van der Waals surface area contributed by atoms with Gasteiger partial charge in [0.25, 0.3) is 0 Å². The van der Waals surface area contributed by atoms with Crippen molar-refractivity contribution in [3.63, 3.8) is 0 Å². The maximum Gasteiger partial charge on any atom is 0.176 e. The van der Waals surface area contributed by atoms with Gasteiger partial charge in [0.05, 0.1) is 6.54 Å². The molecule has 3 heteroatoms. The number of ketones is 1. The van der Waals surface area contributed by atoms with E-state index in [1.807, 2.05) is 0 Å². The van der Waals surface area contributed by atoms with Crippen molar-refractivity contribution >= 4 is 5.78 Å². The van der Waals surface area contributed by atoms with Gasteiger partial charge in [0.15, 0.2) is 5.78 Å². The lowest BCUT2D eigenvalue weighted by molar-refractivity contribution is 0.0915. The number of hydrogen-bond donors (Lipinski definition) is 0. The van der Waals surface area contributed by atoms with E-state index < -0.39 is 0 Å². The number of benzene rings is 1. The molecule has 0 radical (unpaired) electrons. The largest absolute Gasteiger partial charge is 0.293 e. The maximum atomic E-state index is 13.1. The van der Waals surface area contributed by atoms with E-state index in [0.717, 1.165) is 6.54 Å². The van der Waals surface area contributed by atoms with Crippen molar-refractivity contribution < 1.29 is 9.18 Å². The SMILES string of the molecule is CC(C)CN(CC(=O)c1cccc(F)c1)C1CC1. The van der Waals surface area contributed by atoms with Gasteiger partial charge in [-0.25, -0.2) is 4.39 Å². The van der Waals surface area contributed by atoms with E-state index in [9.17, 15) is 9.18 Å². The van der Waals surface area contributed by atoms with Crippen LogP contribution in [0.2, 0.25) is 0 Å². The predicted molar refractivity (Wildman–Crippen MR) is 70.2 cm³/mol. The molecule has 18 heavy (non-hydrogen) atoms. The number of nitrogens with zero attached hydrogens (tertiary/aromatic N) is 1. The third-order valence-electron chi connectivity index (χ3n) is 3.16. The highest BCUT2D eigenvalue weighted by Crippen LogP contribution is 2.27. The molecule has 1 saturated carbocycles. The van der Waals surface area contributed by atoms with Crippen LogP contribution in [0.5, 0.6) is 0 Å². The molecule has 1 aromatic carbocycles. The highest BCUT2D eigenvalue weighted by atomic mass is 19.1. The number of halogens is 1. The summed E-state index contributed by atoms with van der Waals surface area (Å²) in [4.78, 5) is 14.3. The molecule has 0 spiro atoms. The Bertz CT molecular complexity index is 426. The molecule has 1 aromatic rings. The summed E-state index contributed by atoms with van der Waals surface area (Å²) >= 11 is 0. The molecule has 0 unspecified atom stereocenters. The van der Waals surface area contributed by atoms with E-state index in [4.69, 9.17) is 0 Å². The zero-order chi connectivity index (χ0) is 13.1. The van der Waals surface area contributed by atoms with Gasteiger partial charge in [0.2, 0.25) is 0 Å². The van der Waals surface area contributed by atoms with Crippen LogP contribution in [0.25, 0.3) is 0 Å². The highest BCUT2D eigenvalue weighted by Gasteiger charge is 2.30. The average Bonchev–Trinajstić information content (AvgIpc) is 3.11. The number of Topliss-reactive ketones (excluding diaryl/α,β-unsaturated/α-hetero) is 1. The van der Waals surface area contributed by atoms with E-state index in [0.29, 0.717) is 24.1 Å². The van der Waals surface area contributed by atoms with Gasteiger partial charge >= 0.3 is 0 Å². The minimum absolute atomic E-state index is 0.0158. The fourth-order valence-electron chi connectivity index (χ4n) is 2.19. The van der Waals surface area contributed by atoms with Crippen LogP contribution in [-0.4, -0.2) is 29.8 Å². The summed E-state index contributed by atoms with van der Waals surface area (Å²) in [7, 11) is 0. The fourth-order valence-corrected chi connectivity index (χ4v) is 2.19. The lowest BCUT2D eigenvalue weighted by atomic mass is 10.1. The molecule has 2 rings (SSSR count). The quantitative estimate of drug-likeness (QED) is 0.722. The van der Waals surface area contributed by atoms with Gasteiger partial charge in [-0.05, 0) is 30.9 Å². The lowest BCUT2D eigenvalue weighted by Crippen LogP contribution is -2.35. The molecule has 0 N–H and O–H groups in total. The smallest absolute Gasteiger partial charge is 0.176 e. The standard InChI is InChI=1S/C15H20FNO/c1-11(2)9-17(14-6-7-14)10-15(18)12-4-3-5-13(16)8-12/h3-5,8,11,14H,6-7,9-10H2,1-2H3. The number of hydrogen-bond acceptors (Lipinski definition) is 2. The minimum Gasteiger partial charge on any atom is -0.293 e. The van der Waals surface area contributed by atoms with Crippen LogP contribution < -0.4 is 0 Å². The molecule has 0 aromatic heterocycles. The van der Waals surface area contributed by atoms with E-state index in [2.05, 4.69) is 18.7 Å². The number of carbonyl (C=O) groups is 1. The molecule has 1 aliphatic rings. The minimum atomic E-state index is -0.345. The van der Waals surface area contributed by atoms with Crippen molar-refractivity contribution in [2.75, 3.05) is 13.1 Å². The molecular formula is C15H20FNO. The Morgan fingerprint density at radius 3 is 2.72 bits per heavy atom. The second-order valence-electron chi connectivity index (χ2n) is 5.49. The van der Waals surface area contributed by atoms with E-state index >= 15 is 0 Å². The van der Waals surface area contributed by atoms with Crippen LogP contribution in [0.4, 0.5) is 4.39 Å². The van der Waals surface area contributed by atoms with E-state index in [1.165, 1.54) is 25.0 Å². The average molecular weight is 249 g/mol. The van der Waals surface area contributed by atoms with Crippen LogP contribution in [0, 0.1) is 11.7 Å². The van der Waals surface area contributed by atoms with E-state index in [1.54, 1.807) is 12.1 Å². The third-order valence-corrected chi connectivity index (χ3v) is 3.16. The third kappa shape index (κ3) is 3.64. The Morgan fingerprint density at radius 1 is 1.44 bits per heavy atom. The zero-order valence-electron chi connectivity index (χ0n) is 11.0. The van der Waals surface area contributed by atoms with Gasteiger partial charge in [-0.1, -0.05) is 26.0 Å². The van der Waals surface area contributed by atoms with Crippen molar-refractivity contribution in [2.45, 2.75) is 32.7 Å². The molecule has 0 heterocycles. The molecule has 2 nitrogen and oxygen atoms in total. The molecule has 0 atom stereocenters. The van der Waals surface area contributed by atoms with Crippen molar-refractivity contribution in [1.82, 2.24) is 4.90 Å². The molecular weight excluding hydrogens is 229 g/mol. The van der Waals surface area contributed by atoms with Gasteiger partial charge in [-0.2, -0.15) is 0 Å². The van der Waals surface area contributed by atoms with Crippen LogP contribution >= 0.6 is 0 Å². The van der Waals surface area contributed by atoms with E-state index in [-0.39, 0.29) is 11.6 Å². The van der Waals surface area contributed by atoms with Crippen LogP contribution in [-0.2, 0) is 0 Å². The topological polar surface area (TPSA) is 20.3 Å². The van der Waals surface area contributed by atoms with Gasteiger partial charge in [-0.3, -0.25) is 9.69 Å². The summed E-state index contributed by atoms with van der Waals surface area (Å²) in [6.45, 7) is 5.65. The summed E-state index contributed by atoms with van der Waals surface area (Å²) in [5.41, 5.74) is 0.476. The van der Waals surface area contributed by atoms with Gasteiger partial charge < -0.3 is 0 Å². The van der Waals surface area contributed by atoms with Crippen molar-refractivity contribution in [1.29, 1.82) is 0 Å². The predicted octanol–water partition coefficient (Wildman–Crippen LogP) is 3.13. The van der Waals surface area contributed by atoms with Crippen LogP contribution in [0.15, 0.2) is 24.3 Å². The van der Waals surface area contributed by atoms with Gasteiger partial charge in [-0.15, -0.1) is 0 Å². The lowest BCUT2D eigenvalue weighted by Gasteiger charge is -2.23. The van der Waals surface area contributed by atoms with Gasteiger partial charge in [0.1, 0.15) is 5.82 Å². The first-order valence-corrected chi connectivity index (χ1v) is 6.59.